The van der Waals surface area contributed by atoms with Gasteiger partial charge < -0.3 is 15.2 Å². The lowest BCUT2D eigenvalue weighted by Crippen LogP contribution is -2.27. The predicted octanol–water partition coefficient (Wildman–Crippen LogP) is 2.33. The number of carboxylic acids is 1. The van der Waals surface area contributed by atoms with Crippen LogP contribution in [0.15, 0.2) is 30.3 Å². The monoisotopic (exact) mass is 291 g/mol. The van der Waals surface area contributed by atoms with Gasteiger partial charge in [-0.3, -0.25) is 9.59 Å². The lowest BCUT2D eigenvalue weighted by Gasteiger charge is -2.09. The highest BCUT2D eigenvalue weighted by Crippen LogP contribution is 2.19. The van der Waals surface area contributed by atoms with Gasteiger partial charge in [0.1, 0.15) is 5.75 Å². The van der Waals surface area contributed by atoms with Crippen molar-refractivity contribution in [2.75, 3.05) is 13.2 Å². The van der Waals surface area contributed by atoms with Gasteiger partial charge in [0.25, 0.3) is 0 Å². The molecule has 0 fully saturated rings. The van der Waals surface area contributed by atoms with Crippen LogP contribution in [0.5, 0.6) is 5.75 Å². The van der Waals surface area contributed by atoms with Gasteiger partial charge in [-0.1, -0.05) is 25.1 Å². The van der Waals surface area contributed by atoms with E-state index in [1.807, 2.05) is 31.2 Å². The molecule has 0 aromatic heterocycles. The normalized spacial score (nSPS) is 12.1. The molecule has 0 aliphatic heterocycles. The van der Waals surface area contributed by atoms with Crippen molar-refractivity contribution >= 4 is 18.0 Å². The molecule has 1 aromatic carbocycles. The summed E-state index contributed by atoms with van der Waals surface area (Å²) in [6.45, 7) is 4.58. The first kappa shape index (κ1) is 16.8. The molecule has 2 N–H and O–H groups in total. The SMILES string of the molecule is CCOc1ccccc1/C=C/C(=O)NCC(C)CC(=O)O. The van der Waals surface area contributed by atoms with E-state index in [0.717, 1.165) is 11.3 Å². The number of aliphatic carboxylic acids is 1. The Labute approximate surface area is 124 Å². The average Bonchev–Trinajstić information content (AvgIpc) is 2.44. The van der Waals surface area contributed by atoms with E-state index in [9.17, 15) is 9.59 Å². The van der Waals surface area contributed by atoms with E-state index < -0.39 is 5.97 Å². The Bertz CT molecular complexity index is 511. The molecule has 114 valence electrons. The standard InChI is InChI=1S/C16H21NO4/c1-3-21-14-7-5-4-6-13(14)8-9-15(18)17-11-12(2)10-16(19)20/h4-9,12H,3,10-11H2,1-2H3,(H,17,18)(H,19,20)/b9-8+. The summed E-state index contributed by atoms with van der Waals surface area (Å²) in [6.07, 6.45) is 3.14. The van der Waals surface area contributed by atoms with E-state index in [1.165, 1.54) is 6.08 Å². The molecule has 21 heavy (non-hydrogen) atoms. The first-order valence-electron chi connectivity index (χ1n) is 6.92. The predicted molar refractivity (Wildman–Crippen MR) is 81.1 cm³/mol. The summed E-state index contributed by atoms with van der Waals surface area (Å²) in [6, 6.07) is 7.45. The zero-order chi connectivity index (χ0) is 15.7. The number of carboxylic acid groups (broad SMARTS) is 1. The van der Waals surface area contributed by atoms with Gasteiger partial charge in [-0.05, 0) is 25.0 Å². The summed E-state index contributed by atoms with van der Waals surface area (Å²) in [5.41, 5.74) is 0.827. The largest absolute Gasteiger partial charge is 0.493 e. The van der Waals surface area contributed by atoms with Gasteiger partial charge in [0.15, 0.2) is 0 Å². The van der Waals surface area contributed by atoms with E-state index >= 15 is 0 Å². The van der Waals surface area contributed by atoms with Crippen molar-refractivity contribution in [1.82, 2.24) is 5.32 Å². The van der Waals surface area contributed by atoms with Crippen LogP contribution < -0.4 is 10.1 Å². The summed E-state index contributed by atoms with van der Waals surface area (Å²) in [4.78, 5) is 22.2. The summed E-state index contributed by atoms with van der Waals surface area (Å²) in [7, 11) is 0. The maximum Gasteiger partial charge on any atom is 0.303 e. The molecule has 5 nitrogen and oxygen atoms in total. The number of nitrogens with one attached hydrogen (secondary N) is 1. The molecule has 1 aromatic rings. The molecule has 1 unspecified atom stereocenters. The Morgan fingerprint density at radius 1 is 1.38 bits per heavy atom. The maximum atomic E-state index is 11.7. The molecule has 0 spiro atoms. The highest BCUT2D eigenvalue weighted by Gasteiger charge is 2.08. The second-order valence-electron chi connectivity index (χ2n) is 4.75. The molecule has 5 heteroatoms. The van der Waals surface area contributed by atoms with Crippen molar-refractivity contribution in [3.05, 3.63) is 35.9 Å². The van der Waals surface area contributed by atoms with Gasteiger partial charge in [-0.15, -0.1) is 0 Å². The fourth-order valence-electron chi connectivity index (χ4n) is 1.77. The van der Waals surface area contributed by atoms with Crippen molar-refractivity contribution < 1.29 is 19.4 Å². The zero-order valence-corrected chi connectivity index (χ0v) is 12.3. The second kappa shape index (κ2) is 8.79. The van der Waals surface area contributed by atoms with Crippen LogP contribution >= 0.6 is 0 Å². The summed E-state index contributed by atoms with van der Waals surface area (Å²) in [5.74, 6) is -0.490. The van der Waals surface area contributed by atoms with Crippen molar-refractivity contribution in [3.8, 4) is 5.75 Å². The summed E-state index contributed by atoms with van der Waals surface area (Å²) >= 11 is 0. The first-order chi connectivity index (χ1) is 10.0. The minimum absolute atomic E-state index is 0.0389. The number of ether oxygens (including phenoxy) is 1. The van der Waals surface area contributed by atoms with Crippen LogP contribution in [0.4, 0.5) is 0 Å². The minimum atomic E-state index is -0.863. The fraction of sp³-hybridized carbons (Fsp3) is 0.375. The Balaban J connectivity index is 2.52. The van der Waals surface area contributed by atoms with Gasteiger partial charge in [0.05, 0.1) is 6.61 Å². The lowest BCUT2D eigenvalue weighted by molar-refractivity contribution is -0.138. The maximum absolute atomic E-state index is 11.7. The number of amides is 1. The van der Waals surface area contributed by atoms with E-state index in [1.54, 1.807) is 13.0 Å². The summed E-state index contributed by atoms with van der Waals surface area (Å²) in [5, 5.41) is 11.3. The minimum Gasteiger partial charge on any atom is -0.493 e. The van der Waals surface area contributed by atoms with E-state index in [4.69, 9.17) is 9.84 Å². The van der Waals surface area contributed by atoms with Crippen LogP contribution in [0.2, 0.25) is 0 Å². The smallest absolute Gasteiger partial charge is 0.303 e. The van der Waals surface area contributed by atoms with E-state index in [-0.39, 0.29) is 18.2 Å². The van der Waals surface area contributed by atoms with Crippen LogP contribution in [0.25, 0.3) is 6.08 Å². The zero-order valence-electron chi connectivity index (χ0n) is 12.3. The van der Waals surface area contributed by atoms with Crippen LogP contribution in [0, 0.1) is 5.92 Å². The lowest BCUT2D eigenvalue weighted by atomic mass is 10.1. The Morgan fingerprint density at radius 2 is 2.10 bits per heavy atom. The van der Waals surface area contributed by atoms with Gasteiger partial charge in [-0.2, -0.15) is 0 Å². The van der Waals surface area contributed by atoms with Gasteiger partial charge in [0, 0.05) is 24.6 Å². The van der Waals surface area contributed by atoms with Gasteiger partial charge in [-0.25, -0.2) is 0 Å². The number of hydrogen-bond donors (Lipinski definition) is 2. The Kier molecular flexibility index (Phi) is 7.01. The third kappa shape index (κ3) is 6.61. The van der Waals surface area contributed by atoms with E-state index in [0.29, 0.717) is 13.2 Å². The van der Waals surface area contributed by atoms with E-state index in [2.05, 4.69) is 5.32 Å². The third-order valence-electron chi connectivity index (χ3n) is 2.78. The second-order valence-corrected chi connectivity index (χ2v) is 4.75. The molecule has 0 saturated heterocycles. The number of rotatable bonds is 8. The number of carbonyl (C=O) groups is 2. The highest BCUT2D eigenvalue weighted by atomic mass is 16.5. The van der Waals surface area contributed by atoms with Crippen LogP contribution in [-0.2, 0) is 9.59 Å². The topological polar surface area (TPSA) is 75.6 Å². The Morgan fingerprint density at radius 3 is 2.76 bits per heavy atom. The third-order valence-corrected chi connectivity index (χ3v) is 2.78. The number of carbonyl (C=O) groups excluding carboxylic acids is 1. The molecular weight excluding hydrogens is 270 g/mol. The number of benzene rings is 1. The van der Waals surface area contributed by atoms with Crippen molar-refractivity contribution in [3.63, 3.8) is 0 Å². The molecule has 0 heterocycles. The molecule has 0 bridgehead atoms. The van der Waals surface area contributed by atoms with Crippen LogP contribution in [0.1, 0.15) is 25.8 Å². The fourth-order valence-corrected chi connectivity index (χ4v) is 1.77. The molecule has 1 rings (SSSR count). The van der Waals surface area contributed by atoms with Crippen LogP contribution in [-0.4, -0.2) is 30.1 Å². The molecule has 0 aliphatic carbocycles. The summed E-state index contributed by atoms with van der Waals surface area (Å²) < 4.78 is 5.46. The molecule has 1 atom stereocenters. The van der Waals surface area contributed by atoms with Gasteiger partial charge >= 0.3 is 5.97 Å². The quantitative estimate of drug-likeness (QED) is 0.721. The molecular formula is C16H21NO4. The molecule has 0 saturated carbocycles. The van der Waals surface area contributed by atoms with Crippen molar-refractivity contribution in [1.29, 1.82) is 0 Å². The van der Waals surface area contributed by atoms with Crippen molar-refractivity contribution in [2.24, 2.45) is 5.92 Å². The highest BCUT2D eigenvalue weighted by molar-refractivity contribution is 5.92. The average molecular weight is 291 g/mol. The van der Waals surface area contributed by atoms with Crippen LogP contribution in [0.3, 0.4) is 0 Å². The van der Waals surface area contributed by atoms with Gasteiger partial charge in [0.2, 0.25) is 5.91 Å². The van der Waals surface area contributed by atoms with Crippen molar-refractivity contribution in [2.45, 2.75) is 20.3 Å². The number of para-hydroxylation sites is 1. The molecule has 0 radical (unpaired) electrons. The Hall–Kier alpha value is -2.30. The first-order valence-corrected chi connectivity index (χ1v) is 6.92. The molecule has 0 aliphatic rings. The number of hydrogen-bond acceptors (Lipinski definition) is 3. The molecule has 1 amide bonds.